The Balaban J connectivity index is 1.80. The van der Waals surface area contributed by atoms with Crippen LogP contribution in [-0.2, 0) is 15.0 Å². The molecular formula is C20H25FN2O3. The molecule has 1 atom stereocenters. The van der Waals surface area contributed by atoms with Crippen LogP contribution in [0, 0.1) is 12.7 Å². The number of halogens is 1. The number of aryl methyl sites for hydroxylation is 1. The first kappa shape index (κ1) is 18.6. The molecule has 0 bridgehead atoms. The Morgan fingerprint density at radius 1 is 1.38 bits per heavy atom. The molecule has 1 aromatic carbocycles. The molecule has 1 aromatic rings. The standard InChI is InChI=1S/C20H25FN2O3/c1-3-18(25)23-10-9-22(13-15(23)6-11-24)19(26)20(7-8-20)16-5-4-14(2)12-17(16)21/h3-5,12,15,24H,1,6-11,13H2,2H3. The van der Waals surface area contributed by atoms with Gasteiger partial charge in [0.2, 0.25) is 11.8 Å². The number of hydrogen-bond donors (Lipinski definition) is 1. The van der Waals surface area contributed by atoms with Crippen LogP contribution < -0.4 is 0 Å². The van der Waals surface area contributed by atoms with E-state index in [1.165, 1.54) is 12.1 Å². The summed E-state index contributed by atoms with van der Waals surface area (Å²) in [5, 5.41) is 9.31. The Labute approximate surface area is 153 Å². The minimum atomic E-state index is -0.772. The average molecular weight is 360 g/mol. The second-order valence-electron chi connectivity index (χ2n) is 7.22. The number of hydrogen-bond acceptors (Lipinski definition) is 3. The van der Waals surface area contributed by atoms with Gasteiger partial charge in [-0.05, 0) is 43.9 Å². The zero-order valence-electron chi connectivity index (χ0n) is 15.1. The fourth-order valence-corrected chi connectivity index (χ4v) is 3.88. The Hall–Kier alpha value is -2.21. The lowest BCUT2D eigenvalue weighted by Crippen LogP contribution is -2.58. The third kappa shape index (κ3) is 3.26. The lowest BCUT2D eigenvalue weighted by Gasteiger charge is -2.42. The fourth-order valence-electron chi connectivity index (χ4n) is 3.88. The van der Waals surface area contributed by atoms with Crippen LogP contribution in [0.25, 0.3) is 0 Å². The molecule has 26 heavy (non-hydrogen) atoms. The van der Waals surface area contributed by atoms with Crippen molar-refractivity contribution in [3.8, 4) is 0 Å². The van der Waals surface area contributed by atoms with Crippen LogP contribution in [0.4, 0.5) is 4.39 Å². The normalized spacial score (nSPS) is 21.4. The van der Waals surface area contributed by atoms with Crippen molar-refractivity contribution in [3.05, 3.63) is 47.8 Å². The molecule has 0 aromatic heterocycles. The first-order valence-corrected chi connectivity index (χ1v) is 9.03. The van der Waals surface area contributed by atoms with E-state index in [0.29, 0.717) is 44.5 Å². The number of rotatable bonds is 5. The van der Waals surface area contributed by atoms with E-state index in [1.807, 2.05) is 13.0 Å². The van der Waals surface area contributed by atoms with Gasteiger partial charge in [0.05, 0.1) is 11.5 Å². The zero-order chi connectivity index (χ0) is 18.9. The molecule has 1 saturated carbocycles. The summed E-state index contributed by atoms with van der Waals surface area (Å²) in [6, 6.07) is 4.78. The van der Waals surface area contributed by atoms with E-state index in [0.717, 1.165) is 5.56 Å². The minimum absolute atomic E-state index is 0.0641. The van der Waals surface area contributed by atoms with Crippen molar-refractivity contribution in [3.63, 3.8) is 0 Å². The van der Waals surface area contributed by atoms with Crippen LogP contribution in [0.2, 0.25) is 0 Å². The molecule has 1 saturated heterocycles. The first-order chi connectivity index (χ1) is 12.4. The van der Waals surface area contributed by atoms with Gasteiger partial charge in [-0.1, -0.05) is 18.7 Å². The summed E-state index contributed by atoms with van der Waals surface area (Å²) >= 11 is 0. The molecule has 2 fully saturated rings. The molecule has 1 N–H and O–H groups in total. The molecule has 2 aliphatic rings. The fraction of sp³-hybridized carbons (Fsp3) is 0.500. The number of aliphatic hydroxyl groups is 1. The maximum absolute atomic E-state index is 14.5. The van der Waals surface area contributed by atoms with Crippen LogP contribution in [0.3, 0.4) is 0 Å². The highest BCUT2D eigenvalue weighted by Gasteiger charge is 2.55. The number of carbonyl (C=O) groups is 2. The Bertz CT molecular complexity index is 730. The minimum Gasteiger partial charge on any atom is -0.396 e. The average Bonchev–Trinajstić information content (AvgIpc) is 3.42. The number of aliphatic hydroxyl groups excluding tert-OH is 1. The predicted octanol–water partition coefficient (Wildman–Crippen LogP) is 1.77. The van der Waals surface area contributed by atoms with Crippen LogP contribution >= 0.6 is 0 Å². The molecule has 1 heterocycles. The number of amides is 2. The monoisotopic (exact) mass is 360 g/mol. The molecule has 1 aliphatic heterocycles. The summed E-state index contributed by atoms with van der Waals surface area (Å²) in [7, 11) is 0. The Morgan fingerprint density at radius 2 is 2.12 bits per heavy atom. The molecular weight excluding hydrogens is 335 g/mol. The Kier molecular flexibility index (Phi) is 5.14. The van der Waals surface area contributed by atoms with Gasteiger partial charge in [0.1, 0.15) is 5.82 Å². The van der Waals surface area contributed by atoms with E-state index in [4.69, 9.17) is 0 Å². The molecule has 0 radical (unpaired) electrons. The predicted molar refractivity (Wildman–Crippen MR) is 96.0 cm³/mol. The first-order valence-electron chi connectivity index (χ1n) is 9.03. The van der Waals surface area contributed by atoms with Crippen LogP contribution in [0.15, 0.2) is 30.9 Å². The van der Waals surface area contributed by atoms with E-state index < -0.39 is 5.41 Å². The van der Waals surface area contributed by atoms with Gasteiger partial charge in [-0.25, -0.2) is 4.39 Å². The van der Waals surface area contributed by atoms with Crippen LogP contribution in [0.5, 0.6) is 0 Å². The summed E-state index contributed by atoms with van der Waals surface area (Å²) < 4.78 is 14.5. The van der Waals surface area contributed by atoms with Gasteiger partial charge in [0.15, 0.2) is 0 Å². The number of benzene rings is 1. The summed E-state index contributed by atoms with van der Waals surface area (Å²) in [4.78, 5) is 28.6. The molecule has 3 rings (SSSR count). The van der Waals surface area contributed by atoms with Gasteiger partial charge in [0.25, 0.3) is 0 Å². The van der Waals surface area contributed by atoms with Crippen molar-refractivity contribution in [1.29, 1.82) is 0 Å². The highest BCUT2D eigenvalue weighted by atomic mass is 19.1. The van der Waals surface area contributed by atoms with E-state index >= 15 is 0 Å². The van der Waals surface area contributed by atoms with Gasteiger partial charge >= 0.3 is 0 Å². The van der Waals surface area contributed by atoms with Crippen LogP contribution in [0.1, 0.15) is 30.4 Å². The summed E-state index contributed by atoms with van der Waals surface area (Å²) in [6.07, 6.45) is 2.94. The number of carbonyl (C=O) groups excluding carboxylic acids is 2. The van der Waals surface area contributed by atoms with Crippen LogP contribution in [-0.4, -0.2) is 59.0 Å². The van der Waals surface area contributed by atoms with Gasteiger partial charge < -0.3 is 14.9 Å². The van der Waals surface area contributed by atoms with E-state index in [2.05, 4.69) is 6.58 Å². The molecule has 6 heteroatoms. The van der Waals surface area contributed by atoms with Crippen molar-refractivity contribution in [1.82, 2.24) is 9.80 Å². The highest BCUT2D eigenvalue weighted by Crippen LogP contribution is 2.50. The molecule has 1 aliphatic carbocycles. The van der Waals surface area contributed by atoms with E-state index in [1.54, 1.807) is 15.9 Å². The highest BCUT2D eigenvalue weighted by molar-refractivity contribution is 5.92. The summed E-state index contributed by atoms with van der Waals surface area (Å²) in [5.41, 5.74) is 0.525. The molecule has 2 amide bonds. The van der Waals surface area contributed by atoms with E-state index in [-0.39, 0.29) is 30.3 Å². The van der Waals surface area contributed by atoms with Crippen molar-refractivity contribution in [2.75, 3.05) is 26.2 Å². The third-order valence-corrected chi connectivity index (χ3v) is 5.49. The Morgan fingerprint density at radius 3 is 2.69 bits per heavy atom. The largest absolute Gasteiger partial charge is 0.396 e. The van der Waals surface area contributed by atoms with Gasteiger partial charge in [0, 0.05) is 31.8 Å². The quantitative estimate of drug-likeness (QED) is 0.814. The number of piperazine rings is 1. The topological polar surface area (TPSA) is 60.9 Å². The molecule has 1 unspecified atom stereocenters. The van der Waals surface area contributed by atoms with Gasteiger partial charge in [-0.15, -0.1) is 0 Å². The molecule has 5 nitrogen and oxygen atoms in total. The summed E-state index contributed by atoms with van der Waals surface area (Å²) in [6.45, 7) is 6.44. The van der Waals surface area contributed by atoms with Gasteiger partial charge in [-0.2, -0.15) is 0 Å². The van der Waals surface area contributed by atoms with E-state index in [9.17, 15) is 19.1 Å². The lowest BCUT2D eigenvalue weighted by molar-refractivity contribution is -0.142. The smallest absolute Gasteiger partial charge is 0.246 e. The zero-order valence-corrected chi connectivity index (χ0v) is 15.1. The molecule has 0 spiro atoms. The molecule has 140 valence electrons. The maximum atomic E-state index is 14.5. The van der Waals surface area contributed by atoms with Crippen molar-refractivity contribution < 1.29 is 19.1 Å². The van der Waals surface area contributed by atoms with Crippen molar-refractivity contribution >= 4 is 11.8 Å². The summed E-state index contributed by atoms with van der Waals surface area (Å²) in [5.74, 6) is -0.599. The second-order valence-corrected chi connectivity index (χ2v) is 7.22. The lowest BCUT2D eigenvalue weighted by atomic mass is 9.92. The van der Waals surface area contributed by atoms with Crippen molar-refractivity contribution in [2.24, 2.45) is 0 Å². The van der Waals surface area contributed by atoms with Crippen molar-refractivity contribution in [2.45, 2.75) is 37.6 Å². The third-order valence-electron chi connectivity index (χ3n) is 5.49. The number of nitrogens with zero attached hydrogens (tertiary/aromatic N) is 2. The maximum Gasteiger partial charge on any atom is 0.246 e. The van der Waals surface area contributed by atoms with Gasteiger partial charge in [-0.3, -0.25) is 9.59 Å². The second kappa shape index (κ2) is 7.19. The SMILES string of the molecule is C=CC(=O)N1CCN(C(=O)C2(c3ccc(C)cc3F)CC2)CC1CCO.